The van der Waals surface area contributed by atoms with Gasteiger partial charge in [0.15, 0.2) is 0 Å². The van der Waals surface area contributed by atoms with Crippen LogP contribution in [0.3, 0.4) is 0 Å². The summed E-state index contributed by atoms with van der Waals surface area (Å²) in [6.07, 6.45) is 5.15. The van der Waals surface area contributed by atoms with Gasteiger partial charge in [-0.2, -0.15) is 0 Å². The molecule has 0 bridgehead atoms. The second-order valence-corrected chi connectivity index (χ2v) is 5.66. The fraction of sp³-hybridized carbons (Fsp3) is 1.00. The van der Waals surface area contributed by atoms with Gasteiger partial charge in [0.1, 0.15) is 0 Å². The lowest BCUT2D eigenvalue weighted by atomic mass is 9.85. The fourth-order valence-corrected chi connectivity index (χ4v) is 3.28. The van der Waals surface area contributed by atoms with Crippen molar-refractivity contribution >= 4 is 0 Å². The first-order chi connectivity index (χ1) is 8.15. The van der Waals surface area contributed by atoms with Crippen LogP contribution in [0.25, 0.3) is 0 Å². The summed E-state index contributed by atoms with van der Waals surface area (Å²) in [5, 5.41) is 3.72. The van der Waals surface area contributed by atoms with Crippen molar-refractivity contribution in [3.63, 3.8) is 0 Å². The van der Waals surface area contributed by atoms with Gasteiger partial charge in [-0.3, -0.25) is 4.90 Å². The molecule has 2 nitrogen and oxygen atoms in total. The zero-order valence-electron chi connectivity index (χ0n) is 12.5. The molecule has 1 heterocycles. The van der Waals surface area contributed by atoms with E-state index in [0.717, 1.165) is 24.0 Å². The highest BCUT2D eigenvalue weighted by Gasteiger charge is 2.34. The van der Waals surface area contributed by atoms with E-state index in [-0.39, 0.29) is 0 Å². The van der Waals surface area contributed by atoms with Crippen molar-refractivity contribution < 1.29 is 0 Å². The van der Waals surface area contributed by atoms with Crippen molar-refractivity contribution in [3.8, 4) is 0 Å². The third-order valence-electron chi connectivity index (χ3n) is 4.69. The summed E-state index contributed by atoms with van der Waals surface area (Å²) >= 11 is 0. The summed E-state index contributed by atoms with van der Waals surface area (Å²) < 4.78 is 0. The predicted molar refractivity (Wildman–Crippen MR) is 76.4 cm³/mol. The molecule has 17 heavy (non-hydrogen) atoms. The normalized spacial score (nSPS) is 31.1. The predicted octanol–water partition coefficient (Wildman–Crippen LogP) is 3.27. The second-order valence-electron chi connectivity index (χ2n) is 5.66. The van der Waals surface area contributed by atoms with Crippen LogP contribution in [-0.4, -0.2) is 36.1 Å². The van der Waals surface area contributed by atoms with Crippen molar-refractivity contribution in [2.24, 2.45) is 5.92 Å². The molecule has 2 heteroatoms. The monoisotopic (exact) mass is 240 g/mol. The molecule has 1 aliphatic heterocycles. The van der Waals surface area contributed by atoms with Crippen molar-refractivity contribution in [1.29, 1.82) is 0 Å². The second kappa shape index (κ2) is 7.38. The standard InChI is InChI=1S/C15H32N2/c1-6-10-16-15-9-11-17(13(5)12(15)4)14(7-2)8-3/h12-16H,6-11H2,1-5H3. The molecule has 0 aromatic carbocycles. The Morgan fingerprint density at radius 3 is 2.35 bits per heavy atom. The van der Waals surface area contributed by atoms with Crippen molar-refractivity contribution in [3.05, 3.63) is 0 Å². The van der Waals surface area contributed by atoms with E-state index in [4.69, 9.17) is 0 Å². The molecular weight excluding hydrogens is 208 g/mol. The molecule has 0 aromatic heterocycles. The number of rotatable bonds is 6. The van der Waals surface area contributed by atoms with Crippen molar-refractivity contribution in [2.75, 3.05) is 13.1 Å². The van der Waals surface area contributed by atoms with E-state index in [1.165, 1.54) is 38.8 Å². The quantitative estimate of drug-likeness (QED) is 0.766. The maximum atomic E-state index is 3.72. The van der Waals surface area contributed by atoms with Gasteiger partial charge in [0, 0.05) is 24.7 Å². The van der Waals surface area contributed by atoms with Crippen LogP contribution in [0.1, 0.15) is 60.3 Å². The highest BCUT2D eigenvalue weighted by molar-refractivity contribution is 4.90. The summed E-state index contributed by atoms with van der Waals surface area (Å²) in [6, 6.07) is 2.25. The Morgan fingerprint density at radius 1 is 1.18 bits per heavy atom. The number of hydrogen-bond acceptors (Lipinski definition) is 2. The van der Waals surface area contributed by atoms with Crippen molar-refractivity contribution in [2.45, 2.75) is 78.4 Å². The van der Waals surface area contributed by atoms with Gasteiger partial charge >= 0.3 is 0 Å². The van der Waals surface area contributed by atoms with Gasteiger partial charge in [-0.1, -0.05) is 27.7 Å². The summed E-state index contributed by atoms with van der Waals surface area (Å²) in [5.41, 5.74) is 0. The summed E-state index contributed by atoms with van der Waals surface area (Å²) in [4.78, 5) is 2.74. The molecule has 102 valence electrons. The molecule has 0 amide bonds. The molecule has 1 saturated heterocycles. The fourth-order valence-electron chi connectivity index (χ4n) is 3.28. The molecule has 3 atom stereocenters. The smallest absolute Gasteiger partial charge is 0.0120 e. The Morgan fingerprint density at radius 2 is 1.82 bits per heavy atom. The first-order valence-corrected chi connectivity index (χ1v) is 7.64. The lowest BCUT2D eigenvalue weighted by Gasteiger charge is -2.46. The lowest BCUT2D eigenvalue weighted by Crippen LogP contribution is -2.56. The van der Waals surface area contributed by atoms with Gasteiger partial charge in [0.25, 0.3) is 0 Å². The van der Waals surface area contributed by atoms with Gasteiger partial charge < -0.3 is 5.32 Å². The van der Waals surface area contributed by atoms with Crippen LogP contribution >= 0.6 is 0 Å². The average Bonchev–Trinajstić information content (AvgIpc) is 2.35. The third-order valence-corrected chi connectivity index (χ3v) is 4.69. The first-order valence-electron chi connectivity index (χ1n) is 7.64. The molecule has 0 aliphatic carbocycles. The summed E-state index contributed by atoms with van der Waals surface area (Å²) in [6.45, 7) is 14.2. The minimum Gasteiger partial charge on any atom is -0.314 e. The Hall–Kier alpha value is -0.0800. The minimum atomic E-state index is 0.725. The molecular formula is C15H32N2. The van der Waals surface area contributed by atoms with E-state index in [1.54, 1.807) is 0 Å². The molecule has 0 aromatic rings. The Labute approximate surface area is 108 Å². The topological polar surface area (TPSA) is 15.3 Å². The Kier molecular flexibility index (Phi) is 6.50. The molecule has 0 saturated carbocycles. The van der Waals surface area contributed by atoms with Crippen LogP contribution in [0.4, 0.5) is 0 Å². The third kappa shape index (κ3) is 3.69. The molecule has 1 fully saturated rings. The maximum absolute atomic E-state index is 3.72. The van der Waals surface area contributed by atoms with Gasteiger partial charge in [-0.25, -0.2) is 0 Å². The maximum Gasteiger partial charge on any atom is 0.0120 e. The van der Waals surface area contributed by atoms with Crippen LogP contribution in [0, 0.1) is 5.92 Å². The van der Waals surface area contributed by atoms with Gasteiger partial charge in [-0.05, 0) is 45.1 Å². The number of piperidine rings is 1. The van der Waals surface area contributed by atoms with E-state index >= 15 is 0 Å². The van der Waals surface area contributed by atoms with Crippen LogP contribution in [0.2, 0.25) is 0 Å². The van der Waals surface area contributed by atoms with Crippen LogP contribution < -0.4 is 5.32 Å². The lowest BCUT2D eigenvalue weighted by molar-refractivity contribution is 0.0434. The molecule has 1 rings (SSSR count). The highest BCUT2D eigenvalue weighted by Crippen LogP contribution is 2.27. The van der Waals surface area contributed by atoms with E-state index in [0.29, 0.717) is 0 Å². The number of likely N-dealkylation sites (tertiary alicyclic amines) is 1. The summed E-state index contributed by atoms with van der Waals surface area (Å²) in [7, 11) is 0. The van der Waals surface area contributed by atoms with E-state index in [9.17, 15) is 0 Å². The van der Waals surface area contributed by atoms with Gasteiger partial charge in [-0.15, -0.1) is 0 Å². The Bertz CT molecular complexity index is 201. The van der Waals surface area contributed by atoms with Crippen molar-refractivity contribution in [1.82, 2.24) is 10.2 Å². The number of nitrogens with zero attached hydrogens (tertiary/aromatic N) is 1. The largest absolute Gasteiger partial charge is 0.314 e. The zero-order valence-corrected chi connectivity index (χ0v) is 12.5. The zero-order chi connectivity index (χ0) is 12.8. The summed E-state index contributed by atoms with van der Waals surface area (Å²) in [5.74, 6) is 0.774. The van der Waals surface area contributed by atoms with Crippen LogP contribution in [0.5, 0.6) is 0 Å². The SMILES string of the molecule is CCCNC1CCN(C(CC)CC)C(C)C1C. The minimum absolute atomic E-state index is 0.725. The van der Waals surface area contributed by atoms with E-state index < -0.39 is 0 Å². The van der Waals surface area contributed by atoms with Gasteiger partial charge in [0.05, 0.1) is 0 Å². The Balaban J connectivity index is 2.55. The van der Waals surface area contributed by atoms with E-state index in [2.05, 4.69) is 44.8 Å². The highest BCUT2D eigenvalue weighted by atomic mass is 15.2. The van der Waals surface area contributed by atoms with Gasteiger partial charge in [0.2, 0.25) is 0 Å². The van der Waals surface area contributed by atoms with E-state index in [1.807, 2.05) is 0 Å². The first kappa shape index (κ1) is 15.0. The molecule has 3 unspecified atom stereocenters. The average molecular weight is 240 g/mol. The number of hydrogen-bond donors (Lipinski definition) is 1. The number of nitrogens with one attached hydrogen (secondary N) is 1. The van der Waals surface area contributed by atoms with Crippen LogP contribution in [0.15, 0.2) is 0 Å². The van der Waals surface area contributed by atoms with Crippen LogP contribution in [-0.2, 0) is 0 Å². The molecule has 0 radical (unpaired) electrons. The molecule has 1 aliphatic rings. The molecule has 0 spiro atoms. The molecule has 1 N–H and O–H groups in total.